The van der Waals surface area contributed by atoms with E-state index in [-0.39, 0.29) is 0 Å². The second kappa shape index (κ2) is 33.6. The Balaban J connectivity index is 0. The second-order valence-corrected chi connectivity index (χ2v) is 9.78. The molecule has 0 aromatic rings. The molecule has 0 atom stereocenters. The molecule has 0 fully saturated rings. The molecule has 0 saturated carbocycles. The van der Waals surface area contributed by atoms with Crippen LogP contribution >= 0.6 is 0 Å². The van der Waals surface area contributed by atoms with Crippen LogP contribution in [0.15, 0.2) is 0 Å². The Morgan fingerprint density at radius 3 is 0.367 bits per heavy atom. The first-order chi connectivity index (χ1) is 14.8. The van der Waals surface area contributed by atoms with Gasteiger partial charge in [-0.3, -0.25) is 0 Å². The number of hydrogen-bond acceptors (Lipinski definition) is 0. The molecule has 0 aliphatic rings. The molecular formula is C30H64. The van der Waals surface area contributed by atoms with E-state index in [0.29, 0.717) is 0 Å². The molecule has 0 rings (SSSR count). The third kappa shape index (κ3) is 35.4. The van der Waals surface area contributed by atoms with Crippen molar-refractivity contribution in [3.05, 3.63) is 0 Å². The van der Waals surface area contributed by atoms with E-state index >= 15 is 0 Å². The van der Waals surface area contributed by atoms with Gasteiger partial charge in [-0.05, 0) is 0 Å². The van der Waals surface area contributed by atoms with E-state index in [4.69, 9.17) is 0 Å². The lowest BCUT2D eigenvalue weighted by Crippen LogP contribution is -1.83. The van der Waals surface area contributed by atoms with Crippen LogP contribution in [0, 0.1) is 0 Å². The van der Waals surface area contributed by atoms with Gasteiger partial charge in [0.25, 0.3) is 0 Å². The molecule has 0 bridgehead atoms. The van der Waals surface area contributed by atoms with Gasteiger partial charge >= 0.3 is 0 Å². The smallest absolute Gasteiger partial charge is 0.0533 e. The highest BCUT2D eigenvalue weighted by Crippen LogP contribution is 2.14. The summed E-state index contributed by atoms with van der Waals surface area (Å²) in [4.78, 5) is 0. The van der Waals surface area contributed by atoms with Crippen molar-refractivity contribution in [1.82, 2.24) is 0 Å². The Kier molecular flexibility index (Phi) is 36.1. The molecule has 0 aliphatic carbocycles. The van der Waals surface area contributed by atoms with Crippen molar-refractivity contribution >= 4 is 0 Å². The van der Waals surface area contributed by atoms with Gasteiger partial charge in [0.2, 0.25) is 0 Å². The SMILES string of the molecule is CCCCCCCCCC.CCCCCCCCCCCCCCCCCCCC. The minimum absolute atomic E-state index is 1.37. The summed E-state index contributed by atoms with van der Waals surface area (Å²) in [6, 6.07) is 0. The van der Waals surface area contributed by atoms with Crippen LogP contribution in [0.5, 0.6) is 0 Å². The first-order valence-corrected chi connectivity index (χ1v) is 14.8. The van der Waals surface area contributed by atoms with Gasteiger partial charge in [-0.25, -0.2) is 0 Å². The topological polar surface area (TPSA) is 0 Å². The molecule has 0 aromatic heterocycles. The van der Waals surface area contributed by atoms with Crippen LogP contribution in [0.3, 0.4) is 0 Å². The van der Waals surface area contributed by atoms with E-state index in [1.54, 1.807) is 0 Å². The van der Waals surface area contributed by atoms with Crippen LogP contribution in [-0.2, 0) is 0 Å². The molecule has 0 saturated heterocycles. The molecule has 0 aromatic carbocycles. The van der Waals surface area contributed by atoms with Crippen molar-refractivity contribution in [1.29, 1.82) is 0 Å². The summed E-state index contributed by atoms with van der Waals surface area (Å²) in [5, 5.41) is 0. The van der Waals surface area contributed by atoms with Gasteiger partial charge < -0.3 is 0 Å². The molecule has 0 N–H and O–H groups in total. The average molecular weight is 425 g/mol. The molecule has 0 aliphatic heterocycles. The second-order valence-electron chi connectivity index (χ2n) is 9.78. The maximum Gasteiger partial charge on any atom is -0.0533 e. The summed E-state index contributed by atoms with van der Waals surface area (Å²) in [6.45, 7) is 9.13. The molecule has 0 unspecified atom stereocenters. The highest BCUT2D eigenvalue weighted by molar-refractivity contribution is 4.50. The van der Waals surface area contributed by atoms with Gasteiger partial charge in [0.05, 0.1) is 0 Å². The summed E-state index contributed by atoms with van der Waals surface area (Å²) < 4.78 is 0. The van der Waals surface area contributed by atoms with Crippen LogP contribution < -0.4 is 0 Å². The van der Waals surface area contributed by atoms with Gasteiger partial charge in [-0.2, -0.15) is 0 Å². The Morgan fingerprint density at radius 2 is 0.267 bits per heavy atom. The fourth-order valence-electron chi connectivity index (χ4n) is 4.18. The van der Waals surface area contributed by atoms with Crippen LogP contribution in [0.1, 0.15) is 195 Å². The molecule has 0 heteroatoms. The molecule has 30 heavy (non-hydrogen) atoms. The Labute approximate surface area is 194 Å². The standard InChI is InChI=1S/C20H42.C10H22/c1-3-5-7-9-11-13-15-17-19-20-18-16-14-12-10-8-6-4-2;1-3-5-7-9-10-8-6-4-2/h3-20H2,1-2H3;3-10H2,1-2H3. The first kappa shape index (κ1) is 32.2. The molecular weight excluding hydrogens is 360 g/mol. The summed E-state index contributed by atoms with van der Waals surface area (Å²) >= 11 is 0. The highest BCUT2D eigenvalue weighted by atomic mass is 14.0. The molecule has 184 valence electrons. The van der Waals surface area contributed by atoms with Gasteiger partial charge in [-0.1, -0.05) is 195 Å². The van der Waals surface area contributed by atoms with Crippen molar-refractivity contribution in [3.63, 3.8) is 0 Å². The van der Waals surface area contributed by atoms with Crippen molar-refractivity contribution in [2.75, 3.05) is 0 Å². The molecule has 0 radical (unpaired) electrons. The van der Waals surface area contributed by atoms with Crippen LogP contribution in [0.2, 0.25) is 0 Å². The van der Waals surface area contributed by atoms with Crippen molar-refractivity contribution in [2.24, 2.45) is 0 Å². The van der Waals surface area contributed by atoms with Crippen LogP contribution in [-0.4, -0.2) is 0 Å². The van der Waals surface area contributed by atoms with E-state index in [1.807, 2.05) is 0 Å². The molecule has 0 spiro atoms. The predicted octanol–water partition coefficient (Wildman–Crippen LogP) is 12.2. The van der Waals surface area contributed by atoms with E-state index in [1.165, 1.54) is 167 Å². The Bertz CT molecular complexity index is 218. The minimum Gasteiger partial charge on any atom is -0.0654 e. The van der Waals surface area contributed by atoms with E-state index in [0.717, 1.165) is 0 Å². The lowest BCUT2D eigenvalue weighted by atomic mass is 10.0. The first-order valence-electron chi connectivity index (χ1n) is 14.8. The zero-order valence-electron chi connectivity index (χ0n) is 22.4. The number of hydrogen-bond donors (Lipinski definition) is 0. The highest BCUT2D eigenvalue weighted by Gasteiger charge is 1.94. The maximum absolute atomic E-state index is 2.30. The summed E-state index contributed by atoms with van der Waals surface area (Å²) in [6.07, 6.45) is 37.9. The zero-order chi connectivity index (χ0) is 22.4. The van der Waals surface area contributed by atoms with Gasteiger partial charge in [0, 0.05) is 0 Å². The molecule has 0 heterocycles. The quantitative estimate of drug-likeness (QED) is 0.135. The third-order valence-corrected chi connectivity index (χ3v) is 6.41. The number of rotatable bonds is 24. The summed E-state index contributed by atoms with van der Waals surface area (Å²) in [7, 11) is 0. The lowest BCUT2D eigenvalue weighted by molar-refractivity contribution is 0.526. The molecule has 0 amide bonds. The Hall–Kier alpha value is 0. The zero-order valence-corrected chi connectivity index (χ0v) is 22.4. The summed E-state index contributed by atoms with van der Waals surface area (Å²) in [5.41, 5.74) is 0. The largest absolute Gasteiger partial charge is 0.0654 e. The van der Waals surface area contributed by atoms with E-state index in [2.05, 4.69) is 27.7 Å². The Morgan fingerprint density at radius 1 is 0.167 bits per heavy atom. The number of unbranched alkanes of at least 4 members (excludes halogenated alkanes) is 24. The van der Waals surface area contributed by atoms with Crippen molar-refractivity contribution in [3.8, 4) is 0 Å². The van der Waals surface area contributed by atoms with Crippen molar-refractivity contribution in [2.45, 2.75) is 195 Å². The summed E-state index contributed by atoms with van der Waals surface area (Å²) in [5.74, 6) is 0. The van der Waals surface area contributed by atoms with E-state index < -0.39 is 0 Å². The van der Waals surface area contributed by atoms with Gasteiger partial charge in [0.15, 0.2) is 0 Å². The fraction of sp³-hybridized carbons (Fsp3) is 1.00. The predicted molar refractivity (Wildman–Crippen MR) is 143 cm³/mol. The normalized spacial score (nSPS) is 10.8. The fourth-order valence-corrected chi connectivity index (χ4v) is 4.18. The van der Waals surface area contributed by atoms with E-state index in [9.17, 15) is 0 Å². The van der Waals surface area contributed by atoms with Crippen LogP contribution in [0.4, 0.5) is 0 Å². The van der Waals surface area contributed by atoms with Gasteiger partial charge in [0.1, 0.15) is 0 Å². The molecule has 0 nitrogen and oxygen atoms in total. The minimum atomic E-state index is 1.37. The van der Waals surface area contributed by atoms with Crippen molar-refractivity contribution < 1.29 is 0 Å². The third-order valence-electron chi connectivity index (χ3n) is 6.41. The lowest BCUT2D eigenvalue weighted by Gasteiger charge is -2.03. The average Bonchev–Trinajstić information content (AvgIpc) is 2.76. The van der Waals surface area contributed by atoms with Crippen LogP contribution in [0.25, 0.3) is 0 Å². The van der Waals surface area contributed by atoms with Gasteiger partial charge in [-0.15, -0.1) is 0 Å². The maximum atomic E-state index is 2.30. The monoisotopic (exact) mass is 425 g/mol.